The lowest BCUT2D eigenvalue weighted by atomic mass is 10.1. The molecule has 0 fully saturated rings. The number of carboxylic acid groups (broad SMARTS) is 1. The van der Waals surface area contributed by atoms with E-state index < -0.39 is 5.97 Å². The predicted molar refractivity (Wildman–Crippen MR) is 89.9 cm³/mol. The van der Waals surface area contributed by atoms with Crippen LogP contribution in [0.4, 0.5) is 0 Å². The Morgan fingerprint density at radius 1 is 1.28 bits per heavy atom. The molecule has 1 aromatic heterocycles. The number of nitrogens with zero attached hydrogens (tertiary/aromatic N) is 2. The van der Waals surface area contributed by atoms with E-state index in [1.54, 1.807) is 38.5 Å². The first-order chi connectivity index (χ1) is 12.0. The van der Waals surface area contributed by atoms with Crippen molar-refractivity contribution in [1.29, 1.82) is 0 Å². The zero-order valence-electron chi connectivity index (χ0n) is 14.4. The lowest BCUT2D eigenvalue weighted by Crippen LogP contribution is -2.29. The van der Waals surface area contributed by atoms with E-state index in [1.807, 2.05) is 6.92 Å². The highest BCUT2D eigenvalue weighted by Gasteiger charge is 2.19. The van der Waals surface area contributed by atoms with Gasteiger partial charge in [0.1, 0.15) is 17.2 Å². The number of aliphatic carboxylic acids is 1. The number of aryl methyl sites for hydroxylation is 1. The van der Waals surface area contributed by atoms with Crippen LogP contribution in [0.3, 0.4) is 0 Å². The van der Waals surface area contributed by atoms with Crippen molar-refractivity contribution >= 4 is 11.9 Å². The number of methoxy groups -OCH3 is 2. The van der Waals surface area contributed by atoms with Gasteiger partial charge < -0.3 is 19.9 Å². The monoisotopic (exact) mass is 347 g/mol. The van der Waals surface area contributed by atoms with Gasteiger partial charge in [0, 0.05) is 11.8 Å². The van der Waals surface area contributed by atoms with Gasteiger partial charge in [-0.3, -0.25) is 14.3 Å². The third-order valence-corrected chi connectivity index (χ3v) is 3.74. The highest BCUT2D eigenvalue weighted by atomic mass is 16.5. The van der Waals surface area contributed by atoms with E-state index in [9.17, 15) is 9.59 Å². The Bertz CT molecular complexity index is 756. The molecule has 8 heteroatoms. The van der Waals surface area contributed by atoms with Gasteiger partial charge in [-0.2, -0.15) is 5.10 Å². The SMILES string of the molecule is COc1ccc(OC)c(C(C)NC(=O)c2ccnn2CCC(=O)O)c1. The second kappa shape index (κ2) is 8.18. The van der Waals surface area contributed by atoms with Crippen LogP contribution in [-0.4, -0.2) is 41.0 Å². The zero-order valence-corrected chi connectivity index (χ0v) is 14.4. The molecule has 1 atom stereocenters. The summed E-state index contributed by atoms with van der Waals surface area (Å²) < 4.78 is 11.9. The maximum Gasteiger partial charge on any atom is 0.305 e. The first-order valence-corrected chi connectivity index (χ1v) is 7.72. The van der Waals surface area contributed by atoms with Gasteiger partial charge in [0.15, 0.2) is 0 Å². The van der Waals surface area contributed by atoms with E-state index in [2.05, 4.69) is 10.4 Å². The summed E-state index contributed by atoms with van der Waals surface area (Å²) >= 11 is 0. The predicted octanol–water partition coefficient (Wildman–Crippen LogP) is 1.87. The number of carbonyl (C=O) groups is 2. The molecule has 0 radical (unpaired) electrons. The molecule has 0 spiro atoms. The highest BCUT2D eigenvalue weighted by molar-refractivity contribution is 5.92. The second-order valence-corrected chi connectivity index (χ2v) is 5.39. The average Bonchev–Trinajstić information content (AvgIpc) is 3.07. The number of carbonyl (C=O) groups excluding carboxylic acids is 1. The molecular weight excluding hydrogens is 326 g/mol. The minimum absolute atomic E-state index is 0.110. The van der Waals surface area contributed by atoms with Gasteiger partial charge in [0.25, 0.3) is 5.91 Å². The first-order valence-electron chi connectivity index (χ1n) is 7.72. The summed E-state index contributed by atoms with van der Waals surface area (Å²) in [6.45, 7) is 1.95. The van der Waals surface area contributed by atoms with E-state index in [0.29, 0.717) is 17.2 Å². The molecule has 2 aromatic rings. The van der Waals surface area contributed by atoms with Crippen molar-refractivity contribution in [2.45, 2.75) is 25.9 Å². The van der Waals surface area contributed by atoms with Crippen LogP contribution >= 0.6 is 0 Å². The Hall–Kier alpha value is -3.03. The van der Waals surface area contributed by atoms with Gasteiger partial charge in [-0.1, -0.05) is 0 Å². The fraction of sp³-hybridized carbons (Fsp3) is 0.353. The van der Waals surface area contributed by atoms with Gasteiger partial charge in [0.05, 0.1) is 33.2 Å². The summed E-state index contributed by atoms with van der Waals surface area (Å²) in [4.78, 5) is 23.2. The Morgan fingerprint density at radius 3 is 2.68 bits per heavy atom. The standard InChI is InChI=1S/C17H21N3O5/c1-11(13-10-12(24-2)4-5-15(13)25-3)19-17(23)14-6-8-18-20(14)9-7-16(21)22/h4-6,8,10-11H,7,9H2,1-3H3,(H,19,23)(H,21,22). The summed E-state index contributed by atoms with van der Waals surface area (Å²) in [5.74, 6) is -0.00649. The third-order valence-electron chi connectivity index (χ3n) is 3.74. The van der Waals surface area contributed by atoms with Crippen LogP contribution in [0.2, 0.25) is 0 Å². The van der Waals surface area contributed by atoms with Crippen LogP contribution in [-0.2, 0) is 11.3 Å². The normalized spacial score (nSPS) is 11.6. The van der Waals surface area contributed by atoms with Crippen molar-refractivity contribution in [2.75, 3.05) is 14.2 Å². The molecule has 2 rings (SSSR count). The molecule has 1 aromatic carbocycles. The number of benzene rings is 1. The molecule has 0 saturated carbocycles. The smallest absolute Gasteiger partial charge is 0.305 e. The number of carboxylic acids is 1. The van der Waals surface area contributed by atoms with Crippen molar-refractivity contribution in [1.82, 2.24) is 15.1 Å². The van der Waals surface area contributed by atoms with Crippen LogP contribution in [0, 0.1) is 0 Å². The molecule has 1 unspecified atom stereocenters. The molecule has 1 heterocycles. The Kier molecular flexibility index (Phi) is 5.99. The second-order valence-electron chi connectivity index (χ2n) is 5.39. The lowest BCUT2D eigenvalue weighted by molar-refractivity contribution is -0.137. The molecule has 1 amide bonds. The molecule has 134 valence electrons. The van der Waals surface area contributed by atoms with E-state index in [-0.39, 0.29) is 24.9 Å². The molecule has 0 aliphatic carbocycles. The van der Waals surface area contributed by atoms with Crippen molar-refractivity contribution in [3.63, 3.8) is 0 Å². The minimum atomic E-state index is -0.948. The van der Waals surface area contributed by atoms with Gasteiger partial charge in [-0.25, -0.2) is 0 Å². The number of nitrogens with one attached hydrogen (secondary N) is 1. The Balaban J connectivity index is 2.16. The van der Waals surface area contributed by atoms with E-state index >= 15 is 0 Å². The van der Waals surface area contributed by atoms with Crippen LogP contribution in [0.5, 0.6) is 11.5 Å². The van der Waals surface area contributed by atoms with Crippen LogP contribution in [0.1, 0.15) is 35.4 Å². The van der Waals surface area contributed by atoms with Gasteiger partial charge >= 0.3 is 5.97 Å². The largest absolute Gasteiger partial charge is 0.497 e. The Labute approximate surface area is 145 Å². The molecular formula is C17H21N3O5. The quantitative estimate of drug-likeness (QED) is 0.756. The number of ether oxygens (including phenoxy) is 2. The molecule has 0 aliphatic heterocycles. The number of hydrogen-bond donors (Lipinski definition) is 2. The zero-order chi connectivity index (χ0) is 18.4. The van der Waals surface area contributed by atoms with Crippen molar-refractivity contribution in [2.24, 2.45) is 0 Å². The molecule has 25 heavy (non-hydrogen) atoms. The summed E-state index contributed by atoms with van der Waals surface area (Å²) in [5, 5.41) is 15.6. The fourth-order valence-corrected chi connectivity index (χ4v) is 2.43. The van der Waals surface area contributed by atoms with Crippen LogP contribution in [0.25, 0.3) is 0 Å². The van der Waals surface area contributed by atoms with Gasteiger partial charge in [-0.05, 0) is 31.2 Å². The summed E-state index contributed by atoms with van der Waals surface area (Å²) in [6.07, 6.45) is 1.36. The number of rotatable bonds is 8. The number of amides is 1. The third kappa shape index (κ3) is 4.50. The van der Waals surface area contributed by atoms with Crippen molar-refractivity contribution in [3.8, 4) is 11.5 Å². The summed E-state index contributed by atoms with van der Waals surface area (Å²) in [7, 11) is 3.12. The number of hydrogen-bond acceptors (Lipinski definition) is 5. The maximum atomic E-state index is 12.5. The summed E-state index contributed by atoms with van der Waals surface area (Å²) in [6, 6.07) is 6.55. The topological polar surface area (TPSA) is 103 Å². The summed E-state index contributed by atoms with van der Waals surface area (Å²) in [5.41, 5.74) is 1.07. The van der Waals surface area contributed by atoms with Gasteiger partial charge in [-0.15, -0.1) is 0 Å². The van der Waals surface area contributed by atoms with Crippen molar-refractivity contribution in [3.05, 3.63) is 41.7 Å². The van der Waals surface area contributed by atoms with Crippen LogP contribution < -0.4 is 14.8 Å². The van der Waals surface area contributed by atoms with E-state index in [1.165, 1.54) is 10.9 Å². The molecule has 2 N–H and O–H groups in total. The highest BCUT2D eigenvalue weighted by Crippen LogP contribution is 2.29. The van der Waals surface area contributed by atoms with Gasteiger partial charge in [0.2, 0.25) is 0 Å². The fourth-order valence-electron chi connectivity index (χ4n) is 2.43. The van der Waals surface area contributed by atoms with Crippen molar-refractivity contribution < 1.29 is 24.2 Å². The minimum Gasteiger partial charge on any atom is -0.497 e. The first kappa shape index (κ1) is 18.3. The van der Waals surface area contributed by atoms with E-state index in [4.69, 9.17) is 14.6 Å². The van der Waals surface area contributed by atoms with Crippen LogP contribution in [0.15, 0.2) is 30.5 Å². The molecule has 0 bridgehead atoms. The maximum absolute atomic E-state index is 12.5. The molecule has 0 aliphatic rings. The lowest BCUT2D eigenvalue weighted by Gasteiger charge is -2.18. The number of aromatic nitrogens is 2. The Morgan fingerprint density at radius 2 is 2.04 bits per heavy atom. The van der Waals surface area contributed by atoms with E-state index in [0.717, 1.165) is 5.56 Å². The molecule has 8 nitrogen and oxygen atoms in total. The average molecular weight is 347 g/mol. The molecule has 0 saturated heterocycles.